The van der Waals surface area contributed by atoms with E-state index in [1.807, 2.05) is 20.8 Å². The maximum atomic E-state index is 11.8. The van der Waals surface area contributed by atoms with Crippen LogP contribution in [0.3, 0.4) is 0 Å². The Morgan fingerprint density at radius 2 is 2.00 bits per heavy atom. The SMILES string of the molecule is CCN(C(=O)[C@@H]1C[C@@H]1C(=O)O)C(C)C. The molecule has 0 bridgehead atoms. The lowest BCUT2D eigenvalue weighted by atomic mass is 10.2. The molecule has 0 aromatic carbocycles. The Morgan fingerprint density at radius 1 is 1.43 bits per heavy atom. The van der Waals surface area contributed by atoms with E-state index in [2.05, 4.69) is 0 Å². The zero-order valence-corrected chi connectivity index (χ0v) is 8.86. The van der Waals surface area contributed by atoms with Gasteiger partial charge in [-0.15, -0.1) is 0 Å². The van der Waals surface area contributed by atoms with Crippen LogP contribution in [-0.2, 0) is 9.59 Å². The molecule has 0 aromatic heterocycles. The van der Waals surface area contributed by atoms with Crippen LogP contribution in [0.2, 0.25) is 0 Å². The summed E-state index contributed by atoms with van der Waals surface area (Å²) >= 11 is 0. The second-order valence-corrected chi connectivity index (χ2v) is 4.00. The van der Waals surface area contributed by atoms with Gasteiger partial charge in [-0.25, -0.2) is 0 Å². The second kappa shape index (κ2) is 3.98. The molecule has 0 unspecified atom stereocenters. The Balaban J connectivity index is 2.54. The fraction of sp³-hybridized carbons (Fsp3) is 0.800. The van der Waals surface area contributed by atoms with Crippen LogP contribution >= 0.6 is 0 Å². The topological polar surface area (TPSA) is 57.6 Å². The van der Waals surface area contributed by atoms with E-state index in [4.69, 9.17) is 5.11 Å². The maximum Gasteiger partial charge on any atom is 0.307 e. The number of carboxylic acids is 1. The van der Waals surface area contributed by atoms with E-state index < -0.39 is 11.9 Å². The van der Waals surface area contributed by atoms with E-state index in [0.29, 0.717) is 13.0 Å². The number of rotatable bonds is 4. The van der Waals surface area contributed by atoms with Crippen LogP contribution in [0.5, 0.6) is 0 Å². The van der Waals surface area contributed by atoms with Crippen molar-refractivity contribution in [3.8, 4) is 0 Å². The number of carbonyl (C=O) groups excluding carboxylic acids is 1. The van der Waals surface area contributed by atoms with Crippen molar-refractivity contribution in [2.75, 3.05) is 6.54 Å². The summed E-state index contributed by atoms with van der Waals surface area (Å²) in [6.45, 7) is 6.45. The molecule has 0 saturated heterocycles. The number of nitrogens with zero attached hydrogens (tertiary/aromatic N) is 1. The number of hydrogen-bond acceptors (Lipinski definition) is 2. The number of amides is 1. The molecule has 1 N–H and O–H groups in total. The quantitative estimate of drug-likeness (QED) is 0.733. The first kappa shape index (κ1) is 11.0. The van der Waals surface area contributed by atoms with Crippen molar-refractivity contribution in [2.45, 2.75) is 33.2 Å². The van der Waals surface area contributed by atoms with Crippen LogP contribution in [0.1, 0.15) is 27.2 Å². The van der Waals surface area contributed by atoms with E-state index in [1.165, 1.54) is 0 Å². The highest BCUT2D eigenvalue weighted by Crippen LogP contribution is 2.40. The zero-order chi connectivity index (χ0) is 10.9. The molecule has 0 radical (unpaired) electrons. The van der Waals surface area contributed by atoms with Gasteiger partial charge >= 0.3 is 5.97 Å². The molecule has 4 nitrogen and oxygen atoms in total. The van der Waals surface area contributed by atoms with Crippen LogP contribution in [0, 0.1) is 11.8 Å². The standard InChI is InChI=1S/C10H17NO3/c1-4-11(6(2)3)9(12)7-5-8(7)10(13)14/h6-8H,4-5H2,1-3H3,(H,13,14)/t7-,8+/m1/s1. The van der Waals surface area contributed by atoms with Gasteiger partial charge in [-0.3, -0.25) is 9.59 Å². The smallest absolute Gasteiger partial charge is 0.307 e. The van der Waals surface area contributed by atoms with E-state index >= 15 is 0 Å². The van der Waals surface area contributed by atoms with Gasteiger partial charge in [0.15, 0.2) is 0 Å². The van der Waals surface area contributed by atoms with Crippen LogP contribution in [0.15, 0.2) is 0 Å². The average molecular weight is 199 g/mol. The van der Waals surface area contributed by atoms with Gasteiger partial charge in [0.1, 0.15) is 0 Å². The molecule has 1 aliphatic carbocycles. The Labute approximate surface area is 83.9 Å². The maximum absolute atomic E-state index is 11.8. The Hall–Kier alpha value is -1.06. The third-order valence-corrected chi connectivity index (χ3v) is 2.67. The van der Waals surface area contributed by atoms with Gasteiger partial charge < -0.3 is 10.0 Å². The van der Waals surface area contributed by atoms with Crippen LogP contribution < -0.4 is 0 Å². The highest BCUT2D eigenvalue weighted by molar-refractivity contribution is 5.89. The van der Waals surface area contributed by atoms with Crippen molar-refractivity contribution in [3.05, 3.63) is 0 Å². The van der Waals surface area contributed by atoms with Gasteiger partial charge in [0, 0.05) is 12.6 Å². The third-order valence-electron chi connectivity index (χ3n) is 2.67. The van der Waals surface area contributed by atoms with Crippen molar-refractivity contribution < 1.29 is 14.7 Å². The summed E-state index contributed by atoms with van der Waals surface area (Å²) in [5.41, 5.74) is 0. The van der Waals surface area contributed by atoms with Gasteiger partial charge in [0.25, 0.3) is 0 Å². The predicted molar refractivity (Wildman–Crippen MR) is 51.8 cm³/mol. The van der Waals surface area contributed by atoms with Crippen LogP contribution in [0.4, 0.5) is 0 Å². The number of hydrogen-bond donors (Lipinski definition) is 1. The number of carboxylic acid groups (broad SMARTS) is 1. The second-order valence-electron chi connectivity index (χ2n) is 4.00. The summed E-state index contributed by atoms with van der Waals surface area (Å²) in [4.78, 5) is 24.1. The van der Waals surface area contributed by atoms with Gasteiger partial charge in [-0.2, -0.15) is 0 Å². The normalized spacial score (nSPS) is 24.9. The molecule has 2 atom stereocenters. The van der Waals surface area contributed by atoms with Crippen LogP contribution in [-0.4, -0.2) is 34.5 Å². The first-order valence-electron chi connectivity index (χ1n) is 5.02. The van der Waals surface area contributed by atoms with Gasteiger partial charge in [0.2, 0.25) is 5.91 Å². The monoisotopic (exact) mass is 199 g/mol. The lowest BCUT2D eigenvalue weighted by molar-refractivity contribution is -0.142. The Kier molecular flexibility index (Phi) is 3.13. The highest BCUT2D eigenvalue weighted by atomic mass is 16.4. The Bertz CT molecular complexity index is 250. The predicted octanol–water partition coefficient (Wildman–Crippen LogP) is 0.964. The van der Waals surface area contributed by atoms with Crippen molar-refractivity contribution in [1.29, 1.82) is 0 Å². The summed E-state index contributed by atoms with van der Waals surface area (Å²) in [5.74, 6) is -1.55. The average Bonchev–Trinajstić information content (AvgIpc) is 2.82. The summed E-state index contributed by atoms with van der Waals surface area (Å²) in [5, 5.41) is 8.69. The molecule has 1 rings (SSSR count). The van der Waals surface area contributed by atoms with Crippen molar-refractivity contribution >= 4 is 11.9 Å². The van der Waals surface area contributed by atoms with E-state index in [1.54, 1.807) is 4.90 Å². The first-order chi connectivity index (χ1) is 6.49. The summed E-state index contributed by atoms with van der Waals surface area (Å²) in [6, 6.07) is 0.155. The lowest BCUT2D eigenvalue weighted by Gasteiger charge is -2.25. The van der Waals surface area contributed by atoms with Crippen molar-refractivity contribution in [3.63, 3.8) is 0 Å². The van der Waals surface area contributed by atoms with E-state index in [0.717, 1.165) is 0 Å². The van der Waals surface area contributed by atoms with Crippen LogP contribution in [0.25, 0.3) is 0 Å². The molecular weight excluding hydrogens is 182 g/mol. The lowest BCUT2D eigenvalue weighted by Crippen LogP contribution is -2.38. The van der Waals surface area contributed by atoms with Gasteiger partial charge in [-0.1, -0.05) is 0 Å². The summed E-state index contributed by atoms with van der Waals surface area (Å²) in [7, 11) is 0. The molecule has 0 aliphatic heterocycles. The fourth-order valence-corrected chi connectivity index (χ4v) is 1.73. The number of carbonyl (C=O) groups is 2. The zero-order valence-electron chi connectivity index (χ0n) is 8.86. The molecule has 1 fully saturated rings. The third kappa shape index (κ3) is 2.05. The molecule has 14 heavy (non-hydrogen) atoms. The highest BCUT2D eigenvalue weighted by Gasteiger charge is 2.49. The molecule has 0 heterocycles. The van der Waals surface area contributed by atoms with E-state index in [9.17, 15) is 9.59 Å². The minimum Gasteiger partial charge on any atom is -0.481 e. The minimum absolute atomic E-state index is 0.00472. The molecule has 4 heteroatoms. The number of aliphatic carboxylic acids is 1. The molecular formula is C10H17NO3. The largest absolute Gasteiger partial charge is 0.481 e. The summed E-state index contributed by atoms with van der Waals surface area (Å²) in [6.07, 6.45) is 0.511. The van der Waals surface area contributed by atoms with Gasteiger partial charge in [0.05, 0.1) is 11.8 Å². The molecule has 0 aromatic rings. The van der Waals surface area contributed by atoms with Gasteiger partial charge in [-0.05, 0) is 27.2 Å². The molecule has 1 saturated carbocycles. The molecule has 1 amide bonds. The molecule has 1 aliphatic rings. The van der Waals surface area contributed by atoms with Crippen molar-refractivity contribution in [2.24, 2.45) is 11.8 Å². The molecule has 0 spiro atoms. The van der Waals surface area contributed by atoms with E-state index in [-0.39, 0.29) is 17.9 Å². The Morgan fingerprint density at radius 3 is 2.29 bits per heavy atom. The van der Waals surface area contributed by atoms with Crippen molar-refractivity contribution in [1.82, 2.24) is 4.90 Å². The first-order valence-corrected chi connectivity index (χ1v) is 5.02. The fourth-order valence-electron chi connectivity index (χ4n) is 1.73. The summed E-state index contributed by atoms with van der Waals surface area (Å²) < 4.78 is 0. The minimum atomic E-state index is -0.844. The molecule has 80 valence electrons.